The monoisotopic (exact) mass is 256 g/mol. The fourth-order valence-corrected chi connectivity index (χ4v) is 1.57. The second kappa shape index (κ2) is 4.76. The highest BCUT2D eigenvalue weighted by atomic mass is 35.5. The van der Waals surface area contributed by atoms with Crippen molar-refractivity contribution >= 4 is 23.2 Å². The molecule has 5 heteroatoms. The molecule has 1 aromatic carbocycles. The summed E-state index contributed by atoms with van der Waals surface area (Å²) in [5.74, 6) is -0.268. The van der Waals surface area contributed by atoms with Gasteiger partial charge in [0.25, 0.3) is 0 Å². The molecule has 0 bridgehead atoms. The first-order chi connectivity index (χ1) is 7.66. The summed E-state index contributed by atoms with van der Waals surface area (Å²) in [6, 6.07) is 8.09. The smallest absolute Gasteiger partial charge is 0.170 e. The average molecular weight is 257 g/mol. The van der Waals surface area contributed by atoms with Crippen molar-refractivity contribution in [3.8, 4) is 0 Å². The van der Waals surface area contributed by atoms with Gasteiger partial charge in [0.05, 0.1) is 10.7 Å². The molecule has 2 nitrogen and oxygen atoms in total. The molecule has 2 aromatic rings. The van der Waals surface area contributed by atoms with E-state index in [0.717, 1.165) is 0 Å². The summed E-state index contributed by atoms with van der Waals surface area (Å²) in [4.78, 5) is 0. The predicted octanol–water partition coefficient (Wildman–Crippen LogP) is 3.51. The quantitative estimate of drug-likeness (QED) is 0.822. The van der Waals surface area contributed by atoms with Gasteiger partial charge in [0.1, 0.15) is 5.82 Å². The van der Waals surface area contributed by atoms with Crippen LogP contribution < -0.4 is 0 Å². The molecule has 0 aliphatic heterocycles. The van der Waals surface area contributed by atoms with Crippen LogP contribution in [0.4, 0.5) is 4.39 Å². The second-order valence-corrected chi connectivity index (χ2v) is 4.01. The maximum absolute atomic E-state index is 13.3. The van der Waals surface area contributed by atoms with Crippen LogP contribution >= 0.6 is 23.2 Å². The molecule has 1 heterocycles. The van der Waals surface area contributed by atoms with Crippen LogP contribution in [0.1, 0.15) is 11.3 Å². The van der Waals surface area contributed by atoms with Crippen molar-refractivity contribution in [1.29, 1.82) is 0 Å². The third-order valence-electron chi connectivity index (χ3n) is 2.09. The number of hydrogen-bond donors (Lipinski definition) is 0. The lowest BCUT2D eigenvalue weighted by atomic mass is 10.1. The summed E-state index contributed by atoms with van der Waals surface area (Å²) >= 11 is 11.4. The molecule has 16 heavy (non-hydrogen) atoms. The van der Waals surface area contributed by atoms with Gasteiger partial charge in [-0.1, -0.05) is 41.4 Å². The first kappa shape index (κ1) is 11.3. The van der Waals surface area contributed by atoms with E-state index in [9.17, 15) is 4.39 Å². The molecule has 0 unspecified atom stereocenters. The highest BCUT2D eigenvalue weighted by molar-refractivity contribution is 6.41. The lowest BCUT2D eigenvalue weighted by Gasteiger charge is -2.02. The van der Waals surface area contributed by atoms with E-state index in [4.69, 9.17) is 23.2 Å². The van der Waals surface area contributed by atoms with Gasteiger partial charge in [-0.2, -0.15) is 5.10 Å². The van der Waals surface area contributed by atoms with Gasteiger partial charge in [-0.05, 0) is 17.7 Å². The number of benzene rings is 1. The van der Waals surface area contributed by atoms with Crippen molar-refractivity contribution in [2.45, 2.75) is 6.42 Å². The SMILES string of the molecule is Fc1ccccc1Cc1cc(Cl)c(Cl)nn1. The molecule has 2 rings (SSSR count). The van der Waals surface area contributed by atoms with Crippen LogP contribution in [0.5, 0.6) is 0 Å². The molecule has 0 radical (unpaired) electrons. The van der Waals surface area contributed by atoms with E-state index in [-0.39, 0.29) is 11.0 Å². The Hall–Kier alpha value is -1.19. The molecular formula is C11H7Cl2FN2. The number of rotatable bonds is 2. The molecule has 0 saturated heterocycles. The highest BCUT2D eigenvalue weighted by Gasteiger charge is 2.06. The maximum Gasteiger partial charge on any atom is 0.170 e. The molecule has 82 valence electrons. The lowest BCUT2D eigenvalue weighted by molar-refractivity contribution is 0.612. The van der Waals surface area contributed by atoms with Gasteiger partial charge < -0.3 is 0 Å². The van der Waals surface area contributed by atoms with Crippen molar-refractivity contribution in [2.24, 2.45) is 0 Å². The fourth-order valence-electron chi connectivity index (χ4n) is 1.31. The molecule has 0 atom stereocenters. The van der Waals surface area contributed by atoms with E-state index in [2.05, 4.69) is 10.2 Å². The van der Waals surface area contributed by atoms with Crippen LogP contribution in [0.2, 0.25) is 10.2 Å². The van der Waals surface area contributed by atoms with Gasteiger partial charge in [0.2, 0.25) is 0 Å². The van der Waals surface area contributed by atoms with Crippen LogP contribution in [0, 0.1) is 5.82 Å². The van der Waals surface area contributed by atoms with Crippen molar-refractivity contribution in [3.05, 3.63) is 57.6 Å². The predicted molar refractivity (Wildman–Crippen MR) is 61.3 cm³/mol. The Balaban J connectivity index is 2.28. The molecule has 1 aromatic heterocycles. The van der Waals surface area contributed by atoms with Crippen molar-refractivity contribution in [3.63, 3.8) is 0 Å². The van der Waals surface area contributed by atoms with Gasteiger partial charge in [-0.25, -0.2) is 4.39 Å². The van der Waals surface area contributed by atoms with Gasteiger partial charge in [0, 0.05) is 6.42 Å². The Morgan fingerprint density at radius 3 is 2.56 bits per heavy atom. The van der Waals surface area contributed by atoms with Crippen LogP contribution in [0.25, 0.3) is 0 Å². The summed E-state index contributed by atoms with van der Waals surface area (Å²) in [5.41, 5.74) is 1.13. The fraction of sp³-hybridized carbons (Fsp3) is 0.0909. The zero-order valence-electron chi connectivity index (χ0n) is 8.12. The normalized spacial score (nSPS) is 10.4. The average Bonchev–Trinajstić information content (AvgIpc) is 2.27. The summed E-state index contributed by atoms with van der Waals surface area (Å²) in [6.45, 7) is 0. The second-order valence-electron chi connectivity index (χ2n) is 3.24. The Morgan fingerprint density at radius 1 is 1.12 bits per heavy atom. The minimum Gasteiger partial charge on any atom is -0.207 e. The molecule has 0 saturated carbocycles. The summed E-state index contributed by atoms with van der Waals surface area (Å²) in [7, 11) is 0. The number of halogens is 3. The molecule has 0 aliphatic carbocycles. The summed E-state index contributed by atoms with van der Waals surface area (Å²) < 4.78 is 13.3. The Kier molecular flexibility index (Phi) is 3.36. The highest BCUT2D eigenvalue weighted by Crippen LogP contribution is 2.20. The topological polar surface area (TPSA) is 25.8 Å². The zero-order valence-corrected chi connectivity index (χ0v) is 9.63. The van der Waals surface area contributed by atoms with Crippen molar-refractivity contribution < 1.29 is 4.39 Å². The third kappa shape index (κ3) is 2.49. The first-order valence-electron chi connectivity index (χ1n) is 4.58. The van der Waals surface area contributed by atoms with E-state index in [1.54, 1.807) is 24.3 Å². The van der Waals surface area contributed by atoms with Crippen LogP contribution in [0.3, 0.4) is 0 Å². The van der Waals surface area contributed by atoms with Crippen molar-refractivity contribution in [1.82, 2.24) is 10.2 Å². The van der Waals surface area contributed by atoms with Crippen LogP contribution in [-0.2, 0) is 6.42 Å². The summed E-state index contributed by atoms with van der Waals surface area (Å²) in [5, 5.41) is 7.98. The number of aromatic nitrogens is 2. The minimum absolute atomic E-state index is 0.152. The van der Waals surface area contributed by atoms with Crippen LogP contribution in [0.15, 0.2) is 30.3 Å². The zero-order chi connectivity index (χ0) is 11.5. The van der Waals surface area contributed by atoms with Crippen molar-refractivity contribution in [2.75, 3.05) is 0 Å². The van der Waals surface area contributed by atoms with E-state index in [1.807, 2.05) is 0 Å². The molecule has 0 spiro atoms. The molecule has 0 aliphatic rings. The maximum atomic E-state index is 13.3. The third-order valence-corrected chi connectivity index (χ3v) is 2.75. The van der Waals surface area contributed by atoms with E-state index >= 15 is 0 Å². The van der Waals surface area contributed by atoms with Gasteiger partial charge >= 0.3 is 0 Å². The molecule has 0 amide bonds. The Morgan fingerprint density at radius 2 is 1.88 bits per heavy atom. The van der Waals surface area contributed by atoms with E-state index in [0.29, 0.717) is 22.7 Å². The Labute approximate surface area is 102 Å². The Bertz CT molecular complexity index is 517. The first-order valence-corrected chi connectivity index (χ1v) is 5.33. The van der Waals surface area contributed by atoms with E-state index < -0.39 is 0 Å². The number of hydrogen-bond acceptors (Lipinski definition) is 2. The minimum atomic E-state index is -0.268. The van der Waals surface area contributed by atoms with Gasteiger partial charge in [-0.15, -0.1) is 5.10 Å². The molecule has 0 fully saturated rings. The summed E-state index contributed by atoms with van der Waals surface area (Å²) in [6.07, 6.45) is 0.344. The molecular weight excluding hydrogens is 250 g/mol. The molecule has 0 N–H and O–H groups in total. The van der Waals surface area contributed by atoms with Crippen LogP contribution in [-0.4, -0.2) is 10.2 Å². The largest absolute Gasteiger partial charge is 0.207 e. The van der Waals surface area contributed by atoms with Gasteiger partial charge in [0.15, 0.2) is 5.15 Å². The lowest BCUT2D eigenvalue weighted by Crippen LogP contribution is -1.97. The van der Waals surface area contributed by atoms with Gasteiger partial charge in [-0.3, -0.25) is 0 Å². The number of nitrogens with zero attached hydrogens (tertiary/aromatic N) is 2. The standard InChI is InChI=1S/C11H7Cl2FN2/c12-9-6-8(15-16-11(9)13)5-7-3-1-2-4-10(7)14/h1-4,6H,5H2. The van der Waals surface area contributed by atoms with E-state index in [1.165, 1.54) is 6.07 Å².